The number of carbonyl (C=O) groups excluding carboxylic acids is 1. The van der Waals surface area contributed by atoms with E-state index in [2.05, 4.69) is 16.3 Å². The summed E-state index contributed by atoms with van der Waals surface area (Å²) in [6.07, 6.45) is 0.970. The van der Waals surface area contributed by atoms with Crippen LogP contribution >= 0.6 is 0 Å². The lowest BCUT2D eigenvalue weighted by atomic mass is 10.2. The second-order valence-electron chi connectivity index (χ2n) is 3.70. The molecule has 0 atom stereocenters. The van der Waals surface area contributed by atoms with E-state index in [1.54, 1.807) is 24.3 Å². The zero-order valence-electron chi connectivity index (χ0n) is 9.29. The zero-order valence-corrected chi connectivity index (χ0v) is 9.29. The summed E-state index contributed by atoms with van der Waals surface area (Å²) in [7, 11) is 4.05. The Morgan fingerprint density at radius 2 is 2.07 bits per heavy atom. The highest BCUT2D eigenvalue weighted by molar-refractivity contribution is 5.94. The number of hydrogen-bond donors (Lipinski definition) is 1. The number of nitrogens with zero attached hydrogens (tertiary/aromatic N) is 1. The highest BCUT2D eigenvalue weighted by Gasteiger charge is 2.02. The van der Waals surface area contributed by atoms with Crippen LogP contribution in [0.1, 0.15) is 16.8 Å². The third kappa shape index (κ3) is 4.61. The van der Waals surface area contributed by atoms with Gasteiger partial charge in [0.15, 0.2) is 0 Å². The summed E-state index contributed by atoms with van der Waals surface area (Å²) >= 11 is 0. The largest absolute Gasteiger partial charge is 0.352 e. The predicted molar refractivity (Wildman–Crippen MR) is 60.8 cm³/mol. The van der Waals surface area contributed by atoms with E-state index in [1.165, 1.54) is 0 Å². The molecule has 0 aliphatic heterocycles. The molecule has 1 amide bonds. The van der Waals surface area contributed by atoms with Gasteiger partial charge in [0.1, 0.15) is 0 Å². The number of benzene rings is 1. The van der Waals surface area contributed by atoms with E-state index < -0.39 is 0 Å². The maximum Gasteiger partial charge on any atom is 0.251 e. The van der Waals surface area contributed by atoms with Gasteiger partial charge in [-0.15, -0.1) is 0 Å². The molecule has 0 bridgehead atoms. The Bertz CT molecular complexity index is 296. The van der Waals surface area contributed by atoms with Crippen molar-refractivity contribution in [3.8, 4) is 0 Å². The van der Waals surface area contributed by atoms with Gasteiger partial charge < -0.3 is 10.2 Å². The van der Waals surface area contributed by atoms with Crippen molar-refractivity contribution in [3.05, 3.63) is 35.9 Å². The average Bonchev–Trinajstić information content (AvgIpc) is 2.25. The molecule has 15 heavy (non-hydrogen) atoms. The smallest absolute Gasteiger partial charge is 0.251 e. The minimum absolute atomic E-state index is 0.0113. The molecule has 1 radical (unpaired) electrons. The van der Waals surface area contributed by atoms with Crippen LogP contribution < -0.4 is 5.32 Å². The van der Waals surface area contributed by atoms with Gasteiger partial charge in [-0.3, -0.25) is 4.79 Å². The summed E-state index contributed by atoms with van der Waals surface area (Å²) in [6, 6.07) is 9.90. The Morgan fingerprint density at radius 1 is 1.40 bits per heavy atom. The molecule has 1 aromatic rings. The molecule has 0 aliphatic rings. The summed E-state index contributed by atoms with van der Waals surface area (Å²) < 4.78 is 0. The highest BCUT2D eigenvalue weighted by Crippen LogP contribution is 1.97. The van der Waals surface area contributed by atoms with E-state index in [0.717, 1.165) is 19.5 Å². The first kappa shape index (κ1) is 11.7. The molecule has 1 N–H and O–H groups in total. The molecule has 0 fully saturated rings. The standard InChI is InChI=1S/C12H17N2O/c1-14(2)10-6-9-13-12(15)11-7-4-3-5-8-11/h4-5,7-8H,6,9-10H2,1-2H3,(H,13,15). The molecule has 0 spiro atoms. The molecule has 3 heteroatoms. The fourth-order valence-electron chi connectivity index (χ4n) is 1.24. The molecule has 0 aromatic heterocycles. The first-order valence-electron chi connectivity index (χ1n) is 5.09. The van der Waals surface area contributed by atoms with Crippen LogP contribution in [0.2, 0.25) is 0 Å². The quantitative estimate of drug-likeness (QED) is 0.732. The van der Waals surface area contributed by atoms with Crippen molar-refractivity contribution in [1.82, 2.24) is 10.2 Å². The molecule has 3 nitrogen and oxygen atoms in total. The van der Waals surface area contributed by atoms with Gasteiger partial charge in [0.05, 0.1) is 0 Å². The summed E-state index contributed by atoms with van der Waals surface area (Å²) in [4.78, 5) is 13.7. The summed E-state index contributed by atoms with van der Waals surface area (Å²) in [5.74, 6) is -0.0113. The monoisotopic (exact) mass is 205 g/mol. The lowest BCUT2D eigenvalue weighted by Crippen LogP contribution is -2.27. The van der Waals surface area contributed by atoms with Crippen molar-refractivity contribution in [1.29, 1.82) is 0 Å². The SMILES string of the molecule is CN(C)CCCNC(=O)c1cc[c]cc1. The van der Waals surface area contributed by atoms with Gasteiger partial charge in [0, 0.05) is 12.1 Å². The van der Waals surface area contributed by atoms with Crippen LogP contribution in [0.25, 0.3) is 0 Å². The fraction of sp³-hybridized carbons (Fsp3) is 0.417. The van der Waals surface area contributed by atoms with Gasteiger partial charge in [-0.1, -0.05) is 12.1 Å². The number of nitrogens with one attached hydrogen (secondary N) is 1. The van der Waals surface area contributed by atoms with Crippen molar-refractivity contribution in [3.63, 3.8) is 0 Å². The van der Waals surface area contributed by atoms with Crippen LogP contribution in [0, 0.1) is 6.07 Å². The van der Waals surface area contributed by atoms with Crippen molar-refractivity contribution in [2.45, 2.75) is 6.42 Å². The Morgan fingerprint density at radius 3 is 2.67 bits per heavy atom. The van der Waals surface area contributed by atoms with E-state index in [9.17, 15) is 4.79 Å². The van der Waals surface area contributed by atoms with Crippen molar-refractivity contribution in [2.24, 2.45) is 0 Å². The number of rotatable bonds is 5. The van der Waals surface area contributed by atoms with Gasteiger partial charge in [-0.25, -0.2) is 0 Å². The van der Waals surface area contributed by atoms with Crippen LogP contribution in [-0.4, -0.2) is 38.0 Å². The van der Waals surface area contributed by atoms with Crippen LogP contribution in [0.15, 0.2) is 24.3 Å². The van der Waals surface area contributed by atoms with Gasteiger partial charge in [0.2, 0.25) is 0 Å². The van der Waals surface area contributed by atoms with Gasteiger partial charge in [-0.2, -0.15) is 0 Å². The van der Waals surface area contributed by atoms with Crippen LogP contribution in [-0.2, 0) is 0 Å². The summed E-state index contributed by atoms with van der Waals surface area (Å²) in [5.41, 5.74) is 0.693. The molecule has 0 heterocycles. The molecule has 0 saturated heterocycles. The molecule has 81 valence electrons. The topological polar surface area (TPSA) is 32.3 Å². The molecular weight excluding hydrogens is 188 g/mol. The maximum absolute atomic E-state index is 11.6. The van der Waals surface area contributed by atoms with Crippen LogP contribution in [0.4, 0.5) is 0 Å². The van der Waals surface area contributed by atoms with Crippen molar-refractivity contribution < 1.29 is 4.79 Å². The normalized spacial score (nSPS) is 10.3. The second-order valence-corrected chi connectivity index (χ2v) is 3.70. The van der Waals surface area contributed by atoms with Crippen molar-refractivity contribution >= 4 is 5.91 Å². The fourth-order valence-corrected chi connectivity index (χ4v) is 1.24. The van der Waals surface area contributed by atoms with Gasteiger partial charge in [-0.05, 0) is 45.3 Å². The third-order valence-corrected chi connectivity index (χ3v) is 2.05. The zero-order chi connectivity index (χ0) is 11.1. The first-order chi connectivity index (χ1) is 7.20. The minimum atomic E-state index is -0.0113. The molecular formula is C12H17N2O. The summed E-state index contributed by atoms with van der Waals surface area (Å²) in [5, 5.41) is 2.87. The maximum atomic E-state index is 11.6. The van der Waals surface area contributed by atoms with E-state index in [-0.39, 0.29) is 5.91 Å². The first-order valence-corrected chi connectivity index (χ1v) is 5.09. The summed E-state index contributed by atoms with van der Waals surface area (Å²) in [6.45, 7) is 1.71. The molecule has 1 rings (SSSR count). The molecule has 1 aromatic carbocycles. The van der Waals surface area contributed by atoms with Crippen LogP contribution in [0.5, 0.6) is 0 Å². The number of carbonyl (C=O) groups is 1. The Kier molecular flexibility index (Phi) is 4.84. The minimum Gasteiger partial charge on any atom is -0.352 e. The van der Waals surface area contributed by atoms with Gasteiger partial charge in [0.25, 0.3) is 5.91 Å². The van der Waals surface area contributed by atoms with E-state index >= 15 is 0 Å². The van der Waals surface area contributed by atoms with Gasteiger partial charge >= 0.3 is 0 Å². The second kappa shape index (κ2) is 6.19. The number of hydrogen-bond acceptors (Lipinski definition) is 2. The lowest BCUT2D eigenvalue weighted by Gasteiger charge is -2.09. The highest BCUT2D eigenvalue weighted by atomic mass is 16.1. The molecule has 0 aliphatic carbocycles. The molecule has 0 unspecified atom stereocenters. The Labute approximate surface area is 91.1 Å². The predicted octanol–water partition coefficient (Wildman–Crippen LogP) is 1.17. The van der Waals surface area contributed by atoms with Crippen LogP contribution in [0.3, 0.4) is 0 Å². The van der Waals surface area contributed by atoms with E-state index in [0.29, 0.717) is 5.56 Å². The van der Waals surface area contributed by atoms with E-state index in [1.807, 2.05) is 14.1 Å². The Hall–Kier alpha value is -1.35. The number of amides is 1. The lowest BCUT2D eigenvalue weighted by molar-refractivity contribution is 0.0952. The Balaban J connectivity index is 2.25. The third-order valence-electron chi connectivity index (χ3n) is 2.05. The molecule has 0 saturated carbocycles. The van der Waals surface area contributed by atoms with E-state index in [4.69, 9.17) is 0 Å². The average molecular weight is 205 g/mol. The van der Waals surface area contributed by atoms with Crippen molar-refractivity contribution in [2.75, 3.05) is 27.2 Å².